The number of nitrogens with zero attached hydrogens (tertiary/aromatic N) is 1. The summed E-state index contributed by atoms with van der Waals surface area (Å²) in [4.78, 5) is 17.6. The number of rotatable bonds is 4. The maximum atomic E-state index is 10.7. The first-order chi connectivity index (χ1) is 8.08. The molecule has 17 heavy (non-hydrogen) atoms. The number of carbonyl (C=O) groups is 1. The highest BCUT2D eigenvalue weighted by atomic mass is 16.3. The van der Waals surface area contributed by atoms with Gasteiger partial charge in [0.05, 0.1) is 29.9 Å². The van der Waals surface area contributed by atoms with Gasteiger partial charge in [0.25, 0.3) is 0 Å². The monoisotopic (exact) mass is 235 g/mol. The predicted molar refractivity (Wildman–Crippen MR) is 60.9 cm³/mol. The summed E-state index contributed by atoms with van der Waals surface area (Å²) in [5.74, 6) is -0.654. The van der Waals surface area contributed by atoms with Gasteiger partial charge in [0.2, 0.25) is 5.91 Å². The molecule has 0 aliphatic rings. The number of carbonyl (C=O) groups excluding carboxylic acids is 1. The van der Waals surface area contributed by atoms with Gasteiger partial charge < -0.3 is 20.9 Å². The normalized spacial score (nSPS) is 14.7. The molecule has 0 spiro atoms. The highest BCUT2D eigenvalue weighted by molar-refractivity contribution is 5.76. The predicted octanol–water partition coefficient (Wildman–Crippen LogP) is -0.167. The third-order valence-electron chi connectivity index (χ3n) is 2.56. The topological polar surface area (TPSA) is 112 Å². The molecule has 2 aromatic rings. The molecule has 0 radical (unpaired) electrons. The van der Waals surface area contributed by atoms with E-state index in [9.17, 15) is 15.0 Å². The first-order valence-electron chi connectivity index (χ1n) is 5.15. The molecule has 0 aliphatic heterocycles. The molecule has 1 aromatic carbocycles. The molecular formula is C11H13N3O3. The summed E-state index contributed by atoms with van der Waals surface area (Å²) in [7, 11) is 0. The Morgan fingerprint density at radius 3 is 2.94 bits per heavy atom. The van der Waals surface area contributed by atoms with Crippen LogP contribution < -0.4 is 5.73 Å². The summed E-state index contributed by atoms with van der Waals surface area (Å²) in [6.45, 7) is 0. The largest absolute Gasteiger partial charge is 0.390 e. The van der Waals surface area contributed by atoms with Gasteiger partial charge >= 0.3 is 0 Å². The molecule has 6 nitrogen and oxygen atoms in total. The summed E-state index contributed by atoms with van der Waals surface area (Å²) >= 11 is 0. The van der Waals surface area contributed by atoms with Crippen LogP contribution in [0.25, 0.3) is 11.0 Å². The average Bonchev–Trinajstić information content (AvgIpc) is 2.73. The van der Waals surface area contributed by atoms with Crippen molar-refractivity contribution >= 4 is 16.9 Å². The zero-order chi connectivity index (χ0) is 12.4. The van der Waals surface area contributed by atoms with Crippen LogP contribution in [0.15, 0.2) is 24.5 Å². The van der Waals surface area contributed by atoms with E-state index in [1.54, 1.807) is 24.5 Å². The van der Waals surface area contributed by atoms with Crippen molar-refractivity contribution in [1.82, 2.24) is 9.97 Å². The molecule has 2 unspecified atom stereocenters. The van der Waals surface area contributed by atoms with Crippen molar-refractivity contribution in [2.45, 2.75) is 18.6 Å². The van der Waals surface area contributed by atoms with E-state index < -0.39 is 18.1 Å². The molecule has 0 saturated heterocycles. The standard InChI is InChI=1S/C11H13N3O3/c12-10(16)4-9(15)11(17)6-1-2-7-8(3-6)14-5-13-7/h1-3,5,9,11,15,17H,4H2,(H2,12,16)(H,13,14). The lowest BCUT2D eigenvalue weighted by molar-refractivity contribution is -0.121. The number of H-pyrrole nitrogens is 1. The number of primary amides is 1. The maximum Gasteiger partial charge on any atom is 0.220 e. The average molecular weight is 235 g/mol. The number of aliphatic hydroxyl groups excluding tert-OH is 2. The van der Waals surface area contributed by atoms with Gasteiger partial charge in [-0.2, -0.15) is 0 Å². The maximum absolute atomic E-state index is 10.7. The molecule has 1 aromatic heterocycles. The van der Waals surface area contributed by atoms with Gasteiger partial charge in [-0.3, -0.25) is 4.79 Å². The fourth-order valence-corrected chi connectivity index (χ4v) is 1.68. The molecule has 90 valence electrons. The van der Waals surface area contributed by atoms with Gasteiger partial charge in [0.1, 0.15) is 6.10 Å². The lowest BCUT2D eigenvalue weighted by Crippen LogP contribution is -2.25. The molecule has 0 saturated carbocycles. The van der Waals surface area contributed by atoms with Crippen LogP contribution in [0.5, 0.6) is 0 Å². The van der Waals surface area contributed by atoms with E-state index in [4.69, 9.17) is 5.73 Å². The van der Waals surface area contributed by atoms with Crippen molar-refractivity contribution < 1.29 is 15.0 Å². The van der Waals surface area contributed by atoms with Crippen molar-refractivity contribution in [3.63, 3.8) is 0 Å². The number of aromatic nitrogens is 2. The van der Waals surface area contributed by atoms with Gasteiger partial charge in [-0.15, -0.1) is 0 Å². The highest BCUT2D eigenvalue weighted by Crippen LogP contribution is 2.21. The molecule has 6 heteroatoms. The number of hydrogen-bond acceptors (Lipinski definition) is 4. The van der Waals surface area contributed by atoms with E-state index in [1.807, 2.05) is 0 Å². The summed E-state index contributed by atoms with van der Waals surface area (Å²) < 4.78 is 0. The number of aliphatic hydroxyl groups is 2. The number of benzene rings is 1. The molecule has 1 amide bonds. The lowest BCUT2D eigenvalue weighted by atomic mass is 10.0. The third kappa shape index (κ3) is 2.43. The molecule has 1 heterocycles. The van der Waals surface area contributed by atoms with Crippen LogP contribution in [0.3, 0.4) is 0 Å². The van der Waals surface area contributed by atoms with E-state index in [2.05, 4.69) is 9.97 Å². The quantitative estimate of drug-likeness (QED) is 0.589. The minimum atomic E-state index is -1.20. The Hall–Kier alpha value is -1.92. The zero-order valence-corrected chi connectivity index (χ0v) is 9.00. The van der Waals surface area contributed by atoms with E-state index in [-0.39, 0.29) is 6.42 Å². The SMILES string of the molecule is NC(=O)CC(O)C(O)c1ccc2nc[nH]c2c1. The molecule has 5 N–H and O–H groups in total. The first kappa shape index (κ1) is 11.6. The summed E-state index contributed by atoms with van der Waals surface area (Å²) in [5.41, 5.74) is 6.99. The van der Waals surface area contributed by atoms with Crippen LogP contribution in [0.4, 0.5) is 0 Å². The van der Waals surface area contributed by atoms with Gasteiger partial charge in [-0.1, -0.05) is 6.07 Å². The van der Waals surface area contributed by atoms with Crippen molar-refractivity contribution in [2.75, 3.05) is 0 Å². The number of aromatic amines is 1. The van der Waals surface area contributed by atoms with Crippen molar-refractivity contribution in [2.24, 2.45) is 5.73 Å². The molecule has 0 bridgehead atoms. The zero-order valence-electron chi connectivity index (χ0n) is 9.00. The summed E-state index contributed by atoms with van der Waals surface area (Å²) in [5, 5.41) is 19.4. The second kappa shape index (κ2) is 4.52. The number of imidazole rings is 1. The van der Waals surface area contributed by atoms with Crippen LogP contribution in [0.1, 0.15) is 18.1 Å². The van der Waals surface area contributed by atoms with Crippen LogP contribution in [-0.4, -0.2) is 32.2 Å². The first-order valence-corrected chi connectivity index (χ1v) is 5.15. The van der Waals surface area contributed by atoms with Gasteiger partial charge in [0.15, 0.2) is 0 Å². The Balaban J connectivity index is 2.23. The molecule has 2 atom stereocenters. The highest BCUT2D eigenvalue weighted by Gasteiger charge is 2.20. The molecular weight excluding hydrogens is 222 g/mol. The molecule has 2 rings (SSSR count). The van der Waals surface area contributed by atoms with Gasteiger partial charge in [-0.25, -0.2) is 4.98 Å². The Kier molecular flexibility index (Phi) is 3.08. The van der Waals surface area contributed by atoms with E-state index in [1.165, 1.54) is 0 Å². The van der Waals surface area contributed by atoms with Crippen molar-refractivity contribution in [3.8, 4) is 0 Å². The Labute approximate surface area is 97.1 Å². The second-order valence-electron chi connectivity index (χ2n) is 3.86. The van der Waals surface area contributed by atoms with Crippen LogP contribution in [0.2, 0.25) is 0 Å². The minimum absolute atomic E-state index is 0.276. The van der Waals surface area contributed by atoms with Crippen LogP contribution in [0, 0.1) is 0 Å². The molecule has 0 fully saturated rings. The number of hydrogen-bond donors (Lipinski definition) is 4. The van der Waals surface area contributed by atoms with Gasteiger partial charge in [-0.05, 0) is 17.7 Å². The lowest BCUT2D eigenvalue weighted by Gasteiger charge is -2.16. The minimum Gasteiger partial charge on any atom is -0.390 e. The number of nitrogens with two attached hydrogens (primary N) is 1. The van der Waals surface area contributed by atoms with E-state index in [0.29, 0.717) is 5.56 Å². The van der Waals surface area contributed by atoms with Crippen LogP contribution >= 0.6 is 0 Å². The number of fused-ring (bicyclic) bond motifs is 1. The fourth-order valence-electron chi connectivity index (χ4n) is 1.68. The van der Waals surface area contributed by atoms with Crippen molar-refractivity contribution in [3.05, 3.63) is 30.1 Å². The van der Waals surface area contributed by atoms with Gasteiger partial charge in [0, 0.05) is 0 Å². The smallest absolute Gasteiger partial charge is 0.220 e. The number of nitrogens with one attached hydrogen (secondary N) is 1. The third-order valence-corrected chi connectivity index (χ3v) is 2.56. The van der Waals surface area contributed by atoms with E-state index in [0.717, 1.165) is 11.0 Å². The van der Waals surface area contributed by atoms with Crippen molar-refractivity contribution in [1.29, 1.82) is 0 Å². The fraction of sp³-hybridized carbons (Fsp3) is 0.273. The Morgan fingerprint density at radius 2 is 2.24 bits per heavy atom. The van der Waals surface area contributed by atoms with Crippen LogP contribution in [-0.2, 0) is 4.79 Å². The molecule has 0 aliphatic carbocycles. The Morgan fingerprint density at radius 1 is 1.47 bits per heavy atom. The summed E-state index contributed by atoms with van der Waals surface area (Å²) in [6.07, 6.45) is -1.08. The Bertz CT molecular complexity index is 537. The van der Waals surface area contributed by atoms with E-state index >= 15 is 0 Å². The second-order valence-corrected chi connectivity index (χ2v) is 3.86. The number of amides is 1. The summed E-state index contributed by atoms with van der Waals surface area (Å²) in [6, 6.07) is 5.05.